The number of carbonyl (C=O) groups is 1. The van der Waals surface area contributed by atoms with Gasteiger partial charge < -0.3 is 5.32 Å². The van der Waals surface area contributed by atoms with Crippen LogP contribution in [0.5, 0.6) is 0 Å². The van der Waals surface area contributed by atoms with Crippen molar-refractivity contribution in [2.24, 2.45) is 0 Å². The summed E-state index contributed by atoms with van der Waals surface area (Å²) in [6.45, 7) is 6.71. The number of carbonyl (C=O) groups excluding carboxylic acids is 1. The molecule has 0 bridgehead atoms. The first-order valence-electron chi connectivity index (χ1n) is 9.14. The minimum absolute atomic E-state index is 0.0776. The number of rotatable bonds is 8. The number of aromatic nitrogens is 2. The van der Waals surface area contributed by atoms with Gasteiger partial charge in [-0.25, -0.2) is 4.98 Å². The molecule has 0 radical (unpaired) electrons. The molecule has 2 aromatic carbocycles. The summed E-state index contributed by atoms with van der Waals surface area (Å²) in [6, 6.07) is 15.4. The van der Waals surface area contributed by atoms with E-state index in [0.717, 1.165) is 6.42 Å². The summed E-state index contributed by atoms with van der Waals surface area (Å²) in [5.74, 6) is 0.126. The molecule has 3 aromatic rings. The zero-order chi connectivity index (χ0) is 19.9. The van der Waals surface area contributed by atoms with E-state index in [2.05, 4.69) is 35.9 Å². The highest BCUT2D eigenvalue weighted by atomic mass is 32.2. The van der Waals surface area contributed by atoms with Crippen LogP contribution in [0.4, 0.5) is 0 Å². The number of para-hydroxylation sites is 1. The zero-order valence-corrected chi connectivity index (χ0v) is 16.7. The van der Waals surface area contributed by atoms with Gasteiger partial charge in [-0.2, -0.15) is 0 Å². The third kappa shape index (κ3) is 4.70. The summed E-state index contributed by atoms with van der Waals surface area (Å²) in [5, 5.41) is 4.03. The Balaban J connectivity index is 1.65. The van der Waals surface area contributed by atoms with Crippen LogP contribution < -0.4 is 10.9 Å². The summed E-state index contributed by atoms with van der Waals surface area (Å²) in [6.07, 6.45) is 2.45. The van der Waals surface area contributed by atoms with Gasteiger partial charge in [0.1, 0.15) is 0 Å². The van der Waals surface area contributed by atoms with Crippen molar-refractivity contribution in [2.75, 3.05) is 12.3 Å². The Bertz CT molecular complexity index is 1060. The lowest BCUT2D eigenvalue weighted by molar-refractivity contribution is -0.118. The molecular formula is C22H23N3O2S. The summed E-state index contributed by atoms with van der Waals surface area (Å²) in [7, 11) is 0. The molecule has 0 atom stereocenters. The lowest BCUT2D eigenvalue weighted by Crippen LogP contribution is -2.28. The molecule has 3 rings (SSSR count). The van der Waals surface area contributed by atoms with Gasteiger partial charge in [0.2, 0.25) is 5.91 Å². The molecule has 0 aliphatic carbocycles. The van der Waals surface area contributed by atoms with Gasteiger partial charge in [0.25, 0.3) is 5.56 Å². The Morgan fingerprint density at radius 2 is 1.96 bits per heavy atom. The Kier molecular flexibility index (Phi) is 6.66. The molecule has 1 amide bonds. The Labute approximate surface area is 168 Å². The van der Waals surface area contributed by atoms with Crippen LogP contribution in [0.15, 0.2) is 71.1 Å². The lowest BCUT2D eigenvalue weighted by atomic mass is 10.1. The number of benzene rings is 2. The molecule has 6 heteroatoms. The maximum Gasteiger partial charge on any atom is 0.262 e. The van der Waals surface area contributed by atoms with E-state index in [-0.39, 0.29) is 17.2 Å². The molecule has 0 unspecified atom stereocenters. The third-order valence-electron chi connectivity index (χ3n) is 4.45. The van der Waals surface area contributed by atoms with Crippen LogP contribution in [0.3, 0.4) is 0 Å². The third-order valence-corrected chi connectivity index (χ3v) is 5.42. The molecule has 0 saturated heterocycles. The molecule has 144 valence electrons. The molecule has 1 aromatic heterocycles. The second-order valence-electron chi connectivity index (χ2n) is 6.43. The van der Waals surface area contributed by atoms with Gasteiger partial charge in [0.05, 0.1) is 16.7 Å². The Morgan fingerprint density at radius 3 is 2.75 bits per heavy atom. The predicted octanol–water partition coefficient (Wildman–Crippen LogP) is 3.34. The highest BCUT2D eigenvalue weighted by molar-refractivity contribution is 7.99. The van der Waals surface area contributed by atoms with Gasteiger partial charge in [-0.05, 0) is 36.6 Å². The van der Waals surface area contributed by atoms with E-state index in [0.29, 0.717) is 29.1 Å². The summed E-state index contributed by atoms with van der Waals surface area (Å²) >= 11 is 1.27. The first kappa shape index (κ1) is 19.9. The van der Waals surface area contributed by atoms with Gasteiger partial charge in [-0.1, -0.05) is 54.2 Å². The fourth-order valence-corrected chi connectivity index (χ4v) is 3.79. The van der Waals surface area contributed by atoms with Crippen molar-refractivity contribution in [1.29, 1.82) is 0 Å². The van der Waals surface area contributed by atoms with Crippen molar-refractivity contribution < 1.29 is 4.79 Å². The monoisotopic (exact) mass is 393 g/mol. The van der Waals surface area contributed by atoms with Gasteiger partial charge in [-0.15, -0.1) is 6.58 Å². The molecule has 0 saturated carbocycles. The second kappa shape index (κ2) is 9.37. The molecule has 0 fully saturated rings. The molecule has 0 aliphatic heterocycles. The number of hydrogen-bond acceptors (Lipinski definition) is 4. The number of allylic oxidation sites excluding steroid dienone is 1. The van der Waals surface area contributed by atoms with E-state index in [1.54, 1.807) is 22.8 Å². The summed E-state index contributed by atoms with van der Waals surface area (Å²) in [4.78, 5) is 29.5. The maximum absolute atomic E-state index is 12.7. The molecule has 1 N–H and O–H groups in total. The van der Waals surface area contributed by atoms with Crippen LogP contribution in [0, 0.1) is 6.92 Å². The first-order valence-corrected chi connectivity index (χ1v) is 10.1. The maximum atomic E-state index is 12.7. The Hall–Kier alpha value is -2.86. The Morgan fingerprint density at radius 1 is 1.21 bits per heavy atom. The fourth-order valence-electron chi connectivity index (χ4n) is 2.96. The zero-order valence-electron chi connectivity index (χ0n) is 15.9. The molecule has 0 spiro atoms. The second-order valence-corrected chi connectivity index (χ2v) is 7.37. The van der Waals surface area contributed by atoms with Gasteiger partial charge in [0, 0.05) is 13.1 Å². The van der Waals surface area contributed by atoms with Crippen LogP contribution in [0.25, 0.3) is 10.9 Å². The van der Waals surface area contributed by atoms with Crippen molar-refractivity contribution >= 4 is 28.6 Å². The molecular weight excluding hydrogens is 370 g/mol. The average Bonchev–Trinajstić information content (AvgIpc) is 2.70. The number of nitrogens with zero attached hydrogens (tertiary/aromatic N) is 2. The van der Waals surface area contributed by atoms with E-state index >= 15 is 0 Å². The fraction of sp³-hybridized carbons (Fsp3) is 0.227. The standard InChI is InChI=1S/C22H23N3O2S/c1-3-14-25-21(27)18-10-6-7-11-19(18)24-22(25)28-15-20(26)23-13-12-17-9-5-4-8-16(17)2/h3-11H,1,12-15H2,2H3,(H,23,26). The van der Waals surface area contributed by atoms with Gasteiger partial charge in [-0.3, -0.25) is 14.2 Å². The number of fused-ring (bicyclic) bond motifs is 1. The number of nitrogens with one attached hydrogen (secondary N) is 1. The average molecular weight is 394 g/mol. The van der Waals surface area contributed by atoms with Crippen molar-refractivity contribution in [2.45, 2.75) is 25.0 Å². The topological polar surface area (TPSA) is 64.0 Å². The van der Waals surface area contributed by atoms with E-state index in [1.807, 2.05) is 24.3 Å². The summed E-state index contributed by atoms with van der Waals surface area (Å²) < 4.78 is 1.56. The van der Waals surface area contributed by atoms with E-state index < -0.39 is 0 Å². The van der Waals surface area contributed by atoms with Crippen LogP contribution in [0.2, 0.25) is 0 Å². The number of aryl methyl sites for hydroxylation is 1. The molecule has 28 heavy (non-hydrogen) atoms. The normalized spacial score (nSPS) is 10.8. The van der Waals surface area contributed by atoms with Crippen LogP contribution >= 0.6 is 11.8 Å². The van der Waals surface area contributed by atoms with Gasteiger partial charge in [0.15, 0.2) is 5.16 Å². The van der Waals surface area contributed by atoms with Crippen molar-refractivity contribution in [1.82, 2.24) is 14.9 Å². The summed E-state index contributed by atoms with van der Waals surface area (Å²) in [5.41, 5.74) is 2.97. The predicted molar refractivity (Wildman–Crippen MR) is 115 cm³/mol. The van der Waals surface area contributed by atoms with Crippen molar-refractivity contribution in [3.63, 3.8) is 0 Å². The van der Waals surface area contributed by atoms with Gasteiger partial charge >= 0.3 is 0 Å². The number of amides is 1. The molecule has 1 heterocycles. The smallest absolute Gasteiger partial charge is 0.262 e. The van der Waals surface area contributed by atoms with Crippen LogP contribution in [-0.4, -0.2) is 27.8 Å². The van der Waals surface area contributed by atoms with Crippen molar-refractivity contribution in [3.8, 4) is 0 Å². The minimum Gasteiger partial charge on any atom is -0.355 e. The van der Waals surface area contributed by atoms with E-state index in [4.69, 9.17) is 0 Å². The SMILES string of the molecule is C=CCn1c(SCC(=O)NCCc2ccccc2C)nc2ccccc2c1=O. The highest BCUT2D eigenvalue weighted by Crippen LogP contribution is 2.17. The molecule has 5 nitrogen and oxygen atoms in total. The minimum atomic E-state index is -0.118. The number of thioether (sulfide) groups is 1. The van der Waals surface area contributed by atoms with E-state index in [9.17, 15) is 9.59 Å². The molecule has 0 aliphatic rings. The quantitative estimate of drug-likeness (QED) is 0.362. The largest absolute Gasteiger partial charge is 0.355 e. The lowest BCUT2D eigenvalue weighted by Gasteiger charge is -2.11. The first-order chi connectivity index (χ1) is 13.6. The highest BCUT2D eigenvalue weighted by Gasteiger charge is 2.12. The van der Waals surface area contributed by atoms with E-state index in [1.165, 1.54) is 22.9 Å². The van der Waals surface area contributed by atoms with Crippen LogP contribution in [-0.2, 0) is 17.8 Å². The number of hydrogen-bond donors (Lipinski definition) is 1. The van der Waals surface area contributed by atoms with Crippen LogP contribution in [0.1, 0.15) is 11.1 Å². The van der Waals surface area contributed by atoms with Crippen molar-refractivity contribution in [3.05, 3.63) is 82.7 Å².